The number of benzene rings is 1. The summed E-state index contributed by atoms with van der Waals surface area (Å²) in [6.07, 6.45) is 1.47. The lowest BCUT2D eigenvalue weighted by Gasteiger charge is -2.31. The van der Waals surface area contributed by atoms with Crippen molar-refractivity contribution >= 4 is 21.9 Å². The van der Waals surface area contributed by atoms with Crippen molar-refractivity contribution in [3.63, 3.8) is 0 Å². The smallest absolute Gasteiger partial charge is 0.303 e. The number of nitrogens with zero attached hydrogens (tertiary/aromatic N) is 1. The molecule has 0 unspecified atom stereocenters. The number of sulfonamides is 1. The van der Waals surface area contributed by atoms with Gasteiger partial charge in [0.25, 0.3) is 5.91 Å². The highest BCUT2D eigenvalue weighted by Crippen LogP contribution is 2.22. The Morgan fingerprint density at radius 3 is 2.15 bits per heavy atom. The first-order chi connectivity index (χ1) is 12.0. The first kappa shape index (κ1) is 20.4. The summed E-state index contributed by atoms with van der Waals surface area (Å²) in [5.74, 6) is -0.866. The van der Waals surface area contributed by atoms with Gasteiger partial charge in [-0.05, 0) is 63.8 Å². The van der Waals surface area contributed by atoms with E-state index < -0.39 is 21.5 Å². The molecule has 1 aliphatic rings. The number of likely N-dealkylation sites (tertiary alicyclic amines) is 1. The Balaban J connectivity index is 2.02. The van der Waals surface area contributed by atoms with Crippen LogP contribution in [0.3, 0.4) is 0 Å². The fraction of sp³-hybridized carbons (Fsp3) is 0.556. The summed E-state index contributed by atoms with van der Waals surface area (Å²) in [6, 6.07) is 5.89. The molecule has 1 saturated heterocycles. The molecular formula is C18H26N2O5S. The molecule has 1 heterocycles. The minimum Gasteiger partial charge on any atom is -0.481 e. The molecule has 144 valence electrons. The number of rotatable bonds is 5. The number of nitrogens with one attached hydrogen (secondary N) is 1. The maximum absolute atomic E-state index is 12.6. The van der Waals surface area contributed by atoms with E-state index in [0.29, 0.717) is 31.5 Å². The number of carbonyl (C=O) groups is 2. The molecule has 8 heteroatoms. The molecule has 0 spiro atoms. The van der Waals surface area contributed by atoms with Crippen LogP contribution in [0.15, 0.2) is 29.2 Å². The van der Waals surface area contributed by atoms with E-state index in [0.717, 1.165) is 0 Å². The highest BCUT2D eigenvalue weighted by molar-refractivity contribution is 7.89. The third kappa shape index (κ3) is 5.54. The van der Waals surface area contributed by atoms with E-state index in [1.54, 1.807) is 25.7 Å². The molecule has 0 atom stereocenters. The van der Waals surface area contributed by atoms with Gasteiger partial charge in [0.05, 0.1) is 4.90 Å². The summed E-state index contributed by atoms with van der Waals surface area (Å²) >= 11 is 0. The topological polar surface area (TPSA) is 104 Å². The van der Waals surface area contributed by atoms with Crippen LogP contribution in [0, 0.1) is 5.92 Å². The Labute approximate surface area is 154 Å². The van der Waals surface area contributed by atoms with E-state index in [4.69, 9.17) is 5.11 Å². The molecule has 1 amide bonds. The maximum Gasteiger partial charge on any atom is 0.303 e. The van der Waals surface area contributed by atoms with Gasteiger partial charge in [0.1, 0.15) is 0 Å². The van der Waals surface area contributed by atoms with Gasteiger partial charge in [-0.2, -0.15) is 0 Å². The van der Waals surface area contributed by atoms with E-state index >= 15 is 0 Å². The van der Waals surface area contributed by atoms with Crippen molar-refractivity contribution < 1.29 is 23.1 Å². The van der Waals surface area contributed by atoms with Gasteiger partial charge in [-0.25, -0.2) is 13.1 Å². The minimum absolute atomic E-state index is 0.104. The van der Waals surface area contributed by atoms with E-state index in [1.807, 2.05) is 0 Å². The lowest BCUT2D eigenvalue weighted by atomic mass is 9.93. The van der Waals surface area contributed by atoms with Crippen LogP contribution in [0.2, 0.25) is 0 Å². The molecule has 0 aromatic heterocycles. The fourth-order valence-corrected chi connectivity index (χ4v) is 4.43. The van der Waals surface area contributed by atoms with Gasteiger partial charge in [0.2, 0.25) is 10.0 Å². The van der Waals surface area contributed by atoms with E-state index in [2.05, 4.69) is 4.72 Å². The van der Waals surface area contributed by atoms with Gasteiger partial charge < -0.3 is 10.0 Å². The largest absolute Gasteiger partial charge is 0.481 e. The van der Waals surface area contributed by atoms with Crippen LogP contribution in [0.25, 0.3) is 0 Å². The molecular weight excluding hydrogens is 356 g/mol. The van der Waals surface area contributed by atoms with Crippen molar-refractivity contribution in [3.05, 3.63) is 29.8 Å². The fourth-order valence-electron chi connectivity index (χ4n) is 3.01. The quantitative estimate of drug-likeness (QED) is 0.811. The van der Waals surface area contributed by atoms with E-state index in [1.165, 1.54) is 24.3 Å². The van der Waals surface area contributed by atoms with Gasteiger partial charge >= 0.3 is 5.97 Å². The van der Waals surface area contributed by atoms with Crippen LogP contribution < -0.4 is 4.72 Å². The predicted molar refractivity (Wildman–Crippen MR) is 97.4 cm³/mol. The van der Waals surface area contributed by atoms with Crippen LogP contribution >= 0.6 is 0 Å². The number of hydrogen-bond acceptors (Lipinski definition) is 4. The summed E-state index contributed by atoms with van der Waals surface area (Å²) in [5, 5.41) is 8.85. The lowest BCUT2D eigenvalue weighted by molar-refractivity contribution is -0.138. The number of hydrogen-bond donors (Lipinski definition) is 2. The van der Waals surface area contributed by atoms with Crippen LogP contribution in [0.4, 0.5) is 0 Å². The van der Waals surface area contributed by atoms with Crippen LogP contribution in [0.1, 0.15) is 50.4 Å². The minimum atomic E-state index is -3.63. The first-order valence-electron chi connectivity index (χ1n) is 8.63. The highest BCUT2D eigenvalue weighted by Gasteiger charge is 2.26. The van der Waals surface area contributed by atoms with Gasteiger partial charge in [0, 0.05) is 30.6 Å². The number of carboxylic acid groups (broad SMARTS) is 1. The zero-order valence-corrected chi connectivity index (χ0v) is 16.2. The second-order valence-electron chi connectivity index (χ2n) is 7.71. The molecule has 7 nitrogen and oxygen atoms in total. The van der Waals surface area contributed by atoms with Gasteiger partial charge in [-0.15, -0.1) is 0 Å². The molecule has 0 saturated carbocycles. The van der Waals surface area contributed by atoms with Crippen molar-refractivity contribution in [3.8, 4) is 0 Å². The number of carbonyl (C=O) groups excluding carboxylic acids is 1. The lowest BCUT2D eigenvalue weighted by Crippen LogP contribution is -2.40. The predicted octanol–water partition coefficient (Wildman–Crippen LogP) is 2.09. The van der Waals surface area contributed by atoms with Gasteiger partial charge in [-0.3, -0.25) is 9.59 Å². The highest BCUT2D eigenvalue weighted by atomic mass is 32.2. The third-order valence-electron chi connectivity index (χ3n) is 4.22. The van der Waals surface area contributed by atoms with Gasteiger partial charge in [0.15, 0.2) is 0 Å². The summed E-state index contributed by atoms with van der Waals surface area (Å²) in [4.78, 5) is 25.1. The van der Waals surface area contributed by atoms with Crippen LogP contribution in [0.5, 0.6) is 0 Å². The third-order valence-corrected chi connectivity index (χ3v) is 5.99. The van der Waals surface area contributed by atoms with Gasteiger partial charge in [-0.1, -0.05) is 0 Å². The number of carboxylic acids is 1. The molecule has 0 bridgehead atoms. The normalized spacial score (nSPS) is 16.5. The molecule has 26 heavy (non-hydrogen) atoms. The summed E-state index contributed by atoms with van der Waals surface area (Å²) < 4.78 is 27.2. The van der Waals surface area contributed by atoms with Crippen LogP contribution in [-0.4, -0.2) is 48.9 Å². The summed E-state index contributed by atoms with van der Waals surface area (Å²) in [7, 11) is -3.63. The number of piperidine rings is 1. The average molecular weight is 382 g/mol. The molecule has 1 aromatic rings. The van der Waals surface area contributed by atoms with Crippen molar-refractivity contribution in [1.29, 1.82) is 0 Å². The Morgan fingerprint density at radius 2 is 1.69 bits per heavy atom. The van der Waals surface area contributed by atoms with Crippen molar-refractivity contribution in [2.75, 3.05) is 13.1 Å². The molecule has 0 radical (unpaired) electrons. The molecule has 1 aliphatic heterocycles. The average Bonchev–Trinajstić information content (AvgIpc) is 2.52. The Bertz CT molecular complexity index is 758. The van der Waals surface area contributed by atoms with Crippen molar-refractivity contribution in [2.45, 2.75) is 50.5 Å². The first-order valence-corrected chi connectivity index (χ1v) is 10.1. The monoisotopic (exact) mass is 382 g/mol. The number of aliphatic carboxylic acids is 1. The number of amides is 1. The molecule has 1 aromatic carbocycles. The zero-order chi connectivity index (χ0) is 19.5. The van der Waals surface area contributed by atoms with Crippen molar-refractivity contribution in [1.82, 2.24) is 9.62 Å². The zero-order valence-electron chi connectivity index (χ0n) is 15.4. The molecule has 2 N–H and O–H groups in total. The molecule has 2 rings (SSSR count). The maximum atomic E-state index is 12.6. The Kier molecular flexibility index (Phi) is 6.08. The Hall–Kier alpha value is -1.93. The molecule has 1 fully saturated rings. The summed E-state index contributed by atoms with van der Waals surface area (Å²) in [6.45, 7) is 6.31. The second kappa shape index (κ2) is 7.75. The SMILES string of the molecule is CC(C)(C)NS(=O)(=O)c1ccc(C(=O)N2CCC(CC(=O)O)CC2)cc1. The standard InChI is InChI=1S/C18H26N2O5S/c1-18(2,3)19-26(24,25)15-6-4-14(5-7-15)17(23)20-10-8-13(9-11-20)12-16(21)22/h4-7,13,19H,8-12H2,1-3H3,(H,21,22). The summed E-state index contributed by atoms with van der Waals surface area (Å²) in [5.41, 5.74) is -0.162. The Morgan fingerprint density at radius 1 is 1.15 bits per heavy atom. The van der Waals surface area contributed by atoms with Crippen LogP contribution in [-0.2, 0) is 14.8 Å². The van der Waals surface area contributed by atoms with E-state index in [-0.39, 0.29) is 23.1 Å². The molecule has 0 aliphatic carbocycles. The van der Waals surface area contributed by atoms with E-state index in [9.17, 15) is 18.0 Å². The second-order valence-corrected chi connectivity index (χ2v) is 9.40. The van der Waals surface area contributed by atoms with Crippen molar-refractivity contribution in [2.24, 2.45) is 5.92 Å².